The fraction of sp³-hybridized carbons (Fsp3) is 1.00. The molecular formula is C5H9NS. The Labute approximate surface area is 48.0 Å². The molecule has 1 saturated heterocycles. The highest BCUT2D eigenvalue weighted by Crippen LogP contribution is 2.47. The molecule has 2 aliphatic rings. The van der Waals surface area contributed by atoms with Gasteiger partial charge in [-0.3, -0.25) is 4.72 Å². The highest BCUT2D eigenvalue weighted by Gasteiger charge is 2.43. The Balaban J connectivity index is 2.00. The minimum atomic E-state index is 0.750. The molecule has 1 spiro atoms. The van der Waals surface area contributed by atoms with Gasteiger partial charge in [0.05, 0.1) is 0 Å². The van der Waals surface area contributed by atoms with Crippen LogP contribution in [0.2, 0.25) is 0 Å². The van der Waals surface area contributed by atoms with Crippen molar-refractivity contribution in [2.24, 2.45) is 0 Å². The van der Waals surface area contributed by atoms with E-state index in [1.807, 2.05) is 11.9 Å². The quantitative estimate of drug-likeness (QED) is 0.475. The van der Waals surface area contributed by atoms with Gasteiger partial charge < -0.3 is 0 Å². The van der Waals surface area contributed by atoms with Crippen LogP contribution in [0.15, 0.2) is 0 Å². The summed E-state index contributed by atoms with van der Waals surface area (Å²) in [6.45, 7) is 1.28. The fourth-order valence-corrected chi connectivity index (χ4v) is 2.17. The van der Waals surface area contributed by atoms with Crippen molar-refractivity contribution in [3.05, 3.63) is 0 Å². The standard InChI is InChI=1S/C5H9NS/c1-2-5(3-1)4-6-7-5/h6H,1-4H2. The molecule has 0 unspecified atom stereocenters. The van der Waals surface area contributed by atoms with E-state index in [1.165, 1.54) is 25.8 Å². The minimum absolute atomic E-state index is 0.750. The maximum Gasteiger partial charge on any atom is 0.0438 e. The summed E-state index contributed by atoms with van der Waals surface area (Å²) in [6, 6.07) is 0. The smallest absolute Gasteiger partial charge is 0.0438 e. The predicted octanol–water partition coefficient (Wildman–Crippen LogP) is 1.16. The lowest BCUT2D eigenvalue weighted by molar-refractivity contribution is 0.337. The van der Waals surface area contributed by atoms with Crippen LogP contribution in [0.1, 0.15) is 19.3 Å². The Morgan fingerprint density at radius 1 is 1.43 bits per heavy atom. The molecule has 40 valence electrons. The molecule has 0 radical (unpaired) electrons. The summed E-state index contributed by atoms with van der Waals surface area (Å²) in [5.74, 6) is 0. The lowest BCUT2D eigenvalue weighted by Gasteiger charge is -2.48. The summed E-state index contributed by atoms with van der Waals surface area (Å²) < 4.78 is 3.97. The maximum atomic E-state index is 3.22. The van der Waals surface area contributed by atoms with Gasteiger partial charge in [-0.25, -0.2) is 0 Å². The van der Waals surface area contributed by atoms with Gasteiger partial charge in [0.15, 0.2) is 0 Å². The van der Waals surface area contributed by atoms with Gasteiger partial charge in [-0.1, -0.05) is 18.4 Å². The molecule has 0 atom stereocenters. The Kier molecular flexibility index (Phi) is 0.707. The number of hydrogen-bond acceptors (Lipinski definition) is 2. The lowest BCUT2D eigenvalue weighted by atomic mass is 9.84. The number of nitrogens with one attached hydrogen (secondary N) is 1. The molecule has 1 aliphatic carbocycles. The van der Waals surface area contributed by atoms with Crippen LogP contribution < -0.4 is 4.72 Å². The van der Waals surface area contributed by atoms with E-state index in [9.17, 15) is 0 Å². The van der Waals surface area contributed by atoms with Crippen LogP contribution in [0.5, 0.6) is 0 Å². The lowest BCUT2D eigenvalue weighted by Crippen LogP contribution is -2.52. The van der Waals surface area contributed by atoms with Gasteiger partial charge in [0.2, 0.25) is 0 Å². The minimum Gasteiger partial charge on any atom is -0.262 e. The molecule has 1 aliphatic heterocycles. The largest absolute Gasteiger partial charge is 0.262 e. The average Bonchev–Trinajstić information content (AvgIpc) is 1.20. The molecule has 1 N–H and O–H groups in total. The van der Waals surface area contributed by atoms with Crippen molar-refractivity contribution in [2.45, 2.75) is 24.0 Å². The Hall–Kier alpha value is 0.310. The van der Waals surface area contributed by atoms with Crippen LogP contribution in [-0.4, -0.2) is 11.3 Å². The highest BCUT2D eigenvalue weighted by molar-refractivity contribution is 8.00. The molecular weight excluding hydrogens is 106 g/mol. The summed E-state index contributed by atoms with van der Waals surface area (Å²) in [4.78, 5) is 0. The van der Waals surface area contributed by atoms with Crippen molar-refractivity contribution >= 4 is 11.9 Å². The molecule has 2 rings (SSSR count). The SMILES string of the molecule is C1CC2(C1)CNS2. The first kappa shape index (κ1) is 4.21. The first-order valence-corrected chi connectivity index (χ1v) is 3.64. The van der Waals surface area contributed by atoms with E-state index in [0.717, 1.165) is 4.75 Å². The van der Waals surface area contributed by atoms with Crippen molar-refractivity contribution in [1.82, 2.24) is 4.72 Å². The van der Waals surface area contributed by atoms with Crippen LogP contribution >= 0.6 is 11.9 Å². The molecule has 1 heterocycles. The van der Waals surface area contributed by atoms with Gasteiger partial charge in [0.1, 0.15) is 0 Å². The first-order chi connectivity index (χ1) is 3.41. The van der Waals surface area contributed by atoms with E-state index < -0.39 is 0 Å². The molecule has 0 amide bonds. The zero-order valence-electron chi connectivity index (χ0n) is 4.24. The predicted molar refractivity (Wildman–Crippen MR) is 32.2 cm³/mol. The molecule has 1 nitrogen and oxygen atoms in total. The average molecular weight is 115 g/mol. The van der Waals surface area contributed by atoms with Crippen LogP contribution in [0.4, 0.5) is 0 Å². The van der Waals surface area contributed by atoms with E-state index in [1.54, 1.807) is 0 Å². The van der Waals surface area contributed by atoms with Crippen molar-refractivity contribution in [2.75, 3.05) is 6.54 Å². The third-order valence-electron chi connectivity index (χ3n) is 1.95. The summed E-state index contributed by atoms with van der Waals surface area (Å²) in [6.07, 6.45) is 4.39. The third-order valence-corrected chi connectivity index (χ3v) is 3.22. The molecule has 0 aromatic rings. The number of rotatable bonds is 0. The van der Waals surface area contributed by atoms with Crippen LogP contribution in [0, 0.1) is 0 Å². The molecule has 0 bridgehead atoms. The Bertz CT molecular complexity index is 68.6. The van der Waals surface area contributed by atoms with Crippen LogP contribution in [-0.2, 0) is 0 Å². The molecule has 1 saturated carbocycles. The zero-order valence-corrected chi connectivity index (χ0v) is 5.05. The fourth-order valence-electron chi connectivity index (χ4n) is 1.13. The Morgan fingerprint density at radius 3 is 2.14 bits per heavy atom. The van der Waals surface area contributed by atoms with Gasteiger partial charge in [-0.05, 0) is 12.8 Å². The van der Waals surface area contributed by atoms with Crippen molar-refractivity contribution in [1.29, 1.82) is 0 Å². The first-order valence-electron chi connectivity index (χ1n) is 2.82. The van der Waals surface area contributed by atoms with E-state index in [4.69, 9.17) is 0 Å². The summed E-state index contributed by atoms with van der Waals surface area (Å²) >= 11 is 1.94. The van der Waals surface area contributed by atoms with Crippen LogP contribution in [0.3, 0.4) is 0 Å². The summed E-state index contributed by atoms with van der Waals surface area (Å²) in [5.41, 5.74) is 0. The summed E-state index contributed by atoms with van der Waals surface area (Å²) in [7, 11) is 0. The maximum absolute atomic E-state index is 3.22. The zero-order chi connectivity index (χ0) is 4.74. The van der Waals surface area contributed by atoms with Crippen molar-refractivity contribution < 1.29 is 0 Å². The molecule has 7 heavy (non-hydrogen) atoms. The third kappa shape index (κ3) is 0.441. The topological polar surface area (TPSA) is 12.0 Å². The van der Waals surface area contributed by atoms with Gasteiger partial charge in [-0.15, -0.1) is 0 Å². The van der Waals surface area contributed by atoms with E-state index >= 15 is 0 Å². The molecule has 0 aromatic carbocycles. The monoisotopic (exact) mass is 115 g/mol. The normalized spacial score (nSPS) is 34.3. The van der Waals surface area contributed by atoms with Gasteiger partial charge in [0, 0.05) is 11.3 Å². The van der Waals surface area contributed by atoms with Crippen molar-refractivity contribution in [3.8, 4) is 0 Å². The van der Waals surface area contributed by atoms with E-state index in [-0.39, 0.29) is 0 Å². The van der Waals surface area contributed by atoms with Crippen LogP contribution in [0.25, 0.3) is 0 Å². The van der Waals surface area contributed by atoms with Crippen molar-refractivity contribution in [3.63, 3.8) is 0 Å². The van der Waals surface area contributed by atoms with Gasteiger partial charge in [-0.2, -0.15) is 0 Å². The number of hydrogen-bond donors (Lipinski definition) is 1. The second-order valence-corrected chi connectivity index (χ2v) is 3.82. The Morgan fingerprint density at radius 2 is 2.14 bits per heavy atom. The second-order valence-electron chi connectivity index (χ2n) is 2.46. The van der Waals surface area contributed by atoms with Gasteiger partial charge >= 0.3 is 0 Å². The summed E-state index contributed by atoms with van der Waals surface area (Å²) in [5, 5.41) is 0. The van der Waals surface area contributed by atoms with E-state index in [0.29, 0.717) is 0 Å². The second kappa shape index (κ2) is 1.17. The molecule has 0 aromatic heterocycles. The highest BCUT2D eigenvalue weighted by atomic mass is 32.2. The van der Waals surface area contributed by atoms with Gasteiger partial charge in [0.25, 0.3) is 0 Å². The van der Waals surface area contributed by atoms with E-state index in [2.05, 4.69) is 4.72 Å². The molecule has 2 heteroatoms. The molecule has 2 fully saturated rings.